The van der Waals surface area contributed by atoms with Crippen molar-refractivity contribution in [1.82, 2.24) is 20.3 Å². The fourth-order valence-corrected chi connectivity index (χ4v) is 3.29. The topological polar surface area (TPSA) is 106 Å². The number of nitrogens with one attached hydrogen (secondary N) is 2. The maximum absolute atomic E-state index is 11.8. The predicted octanol–water partition coefficient (Wildman–Crippen LogP) is 4.23. The lowest BCUT2D eigenvalue weighted by molar-refractivity contribution is -0.116. The Morgan fingerprint density at radius 2 is 1.84 bits per heavy atom. The molecule has 166 valence electrons. The smallest absolute Gasteiger partial charge is 0.243 e. The summed E-state index contributed by atoms with van der Waals surface area (Å²) in [5.41, 5.74) is 9.85. The molecule has 2 aromatic heterocycles. The van der Waals surface area contributed by atoms with Gasteiger partial charge in [0.25, 0.3) is 0 Å². The van der Waals surface area contributed by atoms with Gasteiger partial charge in [0, 0.05) is 43.2 Å². The molecule has 0 aliphatic rings. The van der Waals surface area contributed by atoms with E-state index in [-0.39, 0.29) is 11.9 Å². The average Bonchev–Trinajstić information content (AvgIpc) is 2.80. The van der Waals surface area contributed by atoms with Crippen molar-refractivity contribution in [2.75, 3.05) is 24.1 Å². The zero-order valence-electron chi connectivity index (χ0n) is 18.4. The van der Waals surface area contributed by atoms with E-state index < -0.39 is 0 Å². The number of benzene rings is 1. The number of carbonyl (C=O) groups excluding carboxylic acids is 1. The van der Waals surface area contributed by atoms with E-state index in [1.807, 2.05) is 36.4 Å². The molecular formula is C25H30N6O. The first-order valence-electron chi connectivity index (χ1n) is 10.9. The fourth-order valence-electron chi connectivity index (χ4n) is 3.29. The van der Waals surface area contributed by atoms with Gasteiger partial charge in [0.1, 0.15) is 5.82 Å². The number of nitrogens with two attached hydrogens (primary N) is 1. The molecule has 0 bridgehead atoms. The molecule has 7 nitrogen and oxygen atoms in total. The van der Waals surface area contributed by atoms with Gasteiger partial charge in [-0.15, -0.1) is 0 Å². The van der Waals surface area contributed by atoms with Crippen molar-refractivity contribution in [2.24, 2.45) is 0 Å². The van der Waals surface area contributed by atoms with Gasteiger partial charge in [-0.2, -0.15) is 4.98 Å². The third kappa shape index (κ3) is 7.50. The average molecular weight is 431 g/mol. The van der Waals surface area contributed by atoms with Gasteiger partial charge in [-0.3, -0.25) is 9.78 Å². The van der Waals surface area contributed by atoms with Crippen LogP contribution in [-0.4, -0.2) is 33.9 Å². The number of pyridine rings is 1. The Kier molecular flexibility index (Phi) is 8.74. The largest absolute Gasteiger partial charge is 0.370 e. The quantitative estimate of drug-likeness (QED) is 0.310. The number of aromatic nitrogens is 3. The highest BCUT2D eigenvalue weighted by Crippen LogP contribution is 2.23. The Morgan fingerprint density at radius 1 is 1.03 bits per heavy atom. The second-order valence-corrected chi connectivity index (χ2v) is 7.56. The SMILES string of the molecule is Cc1ccccc1-c1cc(NCCCCCCNC(=O)/C=C/c2cccnc2)nc(N)n1. The molecule has 0 atom stereocenters. The Morgan fingerprint density at radius 3 is 2.62 bits per heavy atom. The van der Waals surface area contributed by atoms with Crippen LogP contribution in [0.4, 0.5) is 11.8 Å². The van der Waals surface area contributed by atoms with Gasteiger partial charge in [0.2, 0.25) is 11.9 Å². The van der Waals surface area contributed by atoms with E-state index >= 15 is 0 Å². The van der Waals surface area contributed by atoms with Gasteiger partial charge in [-0.25, -0.2) is 4.98 Å². The molecule has 0 aliphatic carbocycles. The van der Waals surface area contributed by atoms with Crippen LogP contribution in [0.15, 0.2) is 60.9 Å². The summed E-state index contributed by atoms with van der Waals surface area (Å²) in [6, 6.07) is 13.8. The Hall–Kier alpha value is -3.74. The van der Waals surface area contributed by atoms with E-state index in [1.165, 1.54) is 0 Å². The van der Waals surface area contributed by atoms with Gasteiger partial charge < -0.3 is 16.4 Å². The van der Waals surface area contributed by atoms with E-state index in [2.05, 4.69) is 38.6 Å². The summed E-state index contributed by atoms with van der Waals surface area (Å²) in [4.78, 5) is 24.5. The zero-order valence-corrected chi connectivity index (χ0v) is 18.4. The summed E-state index contributed by atoms with van der Waals surface area (Å²) in [7, 11) is 0. The molecule has 3 aromatic rings. The first-order chi connectivity index (χ1) is 15.6. The number of carbonyl (C=O) groups is 1. The standard InChI is InChI=1S/C25H30N6O/c1-19-9-4-5-11-21(19)22-17-23(31-25(26)30-22)28-15-6-2-3-7-16-29-24(32)13-12-20-10-8-14-27-18-20/h4-5,8-14,17-18H,2-3,6-7,15-16H2,1H3,(H,29,32)(H3,26,28,30,31)/b13-12+. The predicted molar refractivity (Wildman–Crippen MR) is 130 cm³/mol. The highest BCUT2D eigenvalue weighted by atomic mass is 16.1. The molecule has 0 fully saturated rings. The molecule has 0 spiro atoms. The van der Waals surface area contributed by atoms with Crippen LogP contribution in [0.1, 0.15) is 36.8 Å². The number of anilines is 2. The van der Waals surface area contributed by atoms with Crippen molar-refractivity contribution in [3.05, 3.63) is 72.1 Å². The summed E-state index contributed by atoms with van der Waals surface area (Å²) in [6.07, 6.45) is 10.8. The van der Waals surface area contributed by atoms with Crippen LogP contribution in [0.5, 0.6) is 0 Å². The van der Waals surface area contributed by atoms with Gasteiger partial charge in [0.15, 0.2) is 0 Å². The molecule has 0 radical (unpaired) electrons. The van der Waals surface area contributed by atoms with Crippen LogP contribution in [0.25, 0.3) is 17.3 Å². The van der Waals surface area contributed by atoms with E-state index in [9.17, 15) is 4.79 Å². The normalized spacial score (nSPS) is 10.9. The monoisotopic (exact) mass is 430 g/mol. The second-order valence-electron chi connectivity index (χ2n) is 7.56. The maximum atomic E-state index is 11.8. The minimum absolute atomic E-state index is 0.0821. The van der Waals surface area contributed by atoms with Crippen molar-refractivity contribution in [1.29, 1.82) is 0 Å². The van der Waals surface area contributed by atoms with Crippen molar-refractivity contribution in [3.63, 3.8) is 0 Å². The molecule has 1 aromatic carbocycles. The number of rotatable bonds is 11. The molecule has 32 heavy (non-hydrogen) atoms. The van der Waals surface area contributed by atoms with Crippen molar-refractivity contribution in [2.45, 2.75) is 32.6 Å². The molecule has 7 heteroatoms. The third-order valence-electron chi connectivity index (χ3n) is 4.98. The summed E-state index contributed by atoms with van der Waals surface area (Å²) in [5, 5.41) is 6.25. The van der Waals surface area contributed by atoms with Crippen LogP contribution < -0.4 is 16.4 Å². The molecule has 0 aliphatic heterocycles. The van der Waals surface area contributed by atoms with Crippen LogP contribution >= 0.6 is 0 Å². The number of hydrogen-bond donors (Lipinski definition) is 3. The molecule has 0 saturated heterocycles. The molecular weight excluding hydrogens is 400 g/mol. The lowest BCUT2D eigenvalue weighted by Crippen LogP contribution is -2.22. The number of nitrogens with zero attached hydrogens (tertiary/aromatic N) is 3. The Labute approximate surface area is 189 Å². The molecule has 2 heterocycles. The molecule has 4 N–H and O–H groups in total. The third-order valence-corrected chi connectivity index (χ3v) is 4.98. The number of hydrogen-bond acceptors (Lipinski definition) is 6. The maximum Gasteiger partial charge on any atom is 0.243 e. The Balaban J connectivity index is 1.32. The van der Waals surface area contributed by atoms with Gasteiger partial charge >= 0.3 is 0 Å². The van der Waals surface area contributed by atoms with Crippen molar-refractivity contribution < 1.29 is 4.79 Å². The summed E-state index contributed by atoms with van der Waals surface area (Å²) < 4.78 is 0. The first-order valence-corrected chi connectivity index (χ1v) is 10.9. The van der Waals surface area contributed by atoms with Crippen molar-refractivity contribution in [3.8, 4) is 11.3 Å². The first kappa shape index (κ1) is 22.9. The summed E-state index contributed by atoms with van der Waals surface area (Å²) >= 11 is 0. The Bertz CT molecular complexity index is 1040. The summed E-state index contributed by atoms with van der Waals surface area (Å²) in [6.45, 7) is 3.54. The number of unbranched alkanes of at least 4 members (excludes halogenated alkanes) is 3. The molecule has 3 rings (SSSR count). The van der Waals surface area contributed by atoms with E-state index in [0.29, 0.717) is 6.54 Å². The van der Waals surface area contributed by atoms with Crippen LogP contribution in [0.2, 0.25) is 0 Å². The second kappa shape index (κ2) is 12.2. The van der Waals surface area contributed by atoms with Crippen LogP contribution in [-0.2, 0) is 4.79 Å². The number of aryl methyl sites for hydroxylation is 1. The fraction of sp³-hybridized carbons (Fsp3) is 0.280. The van der Waals surface area contributed by atoms with Gasteiger partial charge in [0.05, 0.1) is 5.69 Å². The number of amides is 1. The highest BCUT2D eigenvalue weighted by Gasteiger charge is 2.07. The van der Waals surface area contributed by atoms with E-state index in [1.54, 1.807) is 24.5 Å². The minimum atomic E-state index is -0.0821. The molecule has 1 amide bonds. The molecule has 0 unspecified atom stereocenters. The van der Waals surface area contributed by atoms with E-state index in [0.717, 1.165) is 60.4 Å². The van der Waals surface area contributed by atoms with E-state index in [4.69, 9.17) is 5.73 Å². The van der Waals surface area contributed by atoms with Crippen molar-refractivity contribution >= 4 is 23.7 Å². The van der Waals surface area contributed by atoms with Gasteiger partial charge in [-0.1, -0.05) is 43.2 Å². The highest BCUT2D eigenvalue weighted by molar-refractivity contribution is 5.91. The van der Waals surface area contributed by atoms with Crippen LogP contribution in [0, 0.1) is 6.92 Å². The molecule has 0 saturated carbocycles. The van der Waals surface area contributed by atoms with Gasteiger partial charge in [-0.05, 0) is 43.0 Å². The number of nitrogen functional groups attached to an aromatic ring is 1. The zero-order chi connectivity index (χ0) is 22.6. The lowest BCUT2D eigenvalue weighted by Gasteiger charge is -2.10. The minimum Gasteiger partial charge on any atom is -0.370 e. The lowest BCUT2D eigenvalue weighted by atomic mass is 10.1. The van der Waals surface area contributed by atoms with Crippen LogP contribution in [0.3, 0.4) is 0 Å². The summed E-state index contributed by atoms with van der Waals surface area (Å²) in [5.74, 6) is 0.923.